The first kappa shape index (κ1) is 15.7. The number of aryl methyl sites for hydroxylation is 1. The van der Waals surface area contributed by atoms with Gasteiger partial charge in [-0.3, -0.25) is 4.79 Å². The van der Waals surface area contributed by atoms with Crippen LogP contribution >= 0.6 is 0 Å². The van der Waals surface area contributed by atoms with Gasteiger partial charge in [0.25, 0.3) is 0 Å². The number of hydrogen-bond acceptors (Lipinski definition) is 6. The number of esters is 1. The maximum atomic E-state index is 12.4. The first-order valence-electron chi connectivity index (χ1n) is 6.96. The molecule has 0 aliphatic rings. The summed E-state index contributed by atoms with van der Waals surface area (Å²) in [5, 5.41) is 0.315. The van der Waals surface area contributed by atoms with Gasteiger partial charge in [-0.05, 0) is 26.0 Å². The molecule has 2 heterocycles. The van der Waals surface area contributed by atoms with Gasteiger partial charge in [0.2, 0.25) is 5.43 Å². The number of ether oxygens (including phenoxy) is 1. The summed E-state index contributed by atoms with van der Waals surface area (Å²) in [6, 6.07) is 3.33. The second kappa shape index (κ2) is 6.84. The van der Waals surface area contributed by atoms with Gasteiger partial charge in [0.15, 0.2) is 5.65 Å². The Hall–Kier alpha value is -2.70. The molecule has 2 aromatic heterocycles. The summed E-state index contributed by atoms with van der Waals surface area (Å²) in [5.74, 6) is -0.680. The highest BCUT2D eigenvalue weighted by Crippen LogP contribution is 2.10. The van der Waals surface area contributed by atoms with Crippen molar-refractivity contribution >= 4 is 23.3 Å². The first-order chi connectivity index (χ1) is 10.6. The molecule has 0 atom stereocenters. The molecule has 2 rings (SSSR count). The maximum absolute atomic E-state index is 12.4. The molecule has 0 amide bonds. The minimum Gasteiger partial charge on any atom is -0.462 e. The number of aldehydes is 1. The van der Waals surface area contributed by atoms with Crippen molar-refractivity contribution in [3.05, 3.63) is 39.8 Å². The number of nitrogens with zero attached hydrogens (tertiary/aromatic N) is 2. The lowest BCUT2D eigenvalue weighted by Gasteiger charge is -2.14. The number of fused-ring (bicyclic) bond motifs is 1. The van der Waals surface area contributed by atoms with Crippen molar-refractivity contribution in [2.75, 3.05) is 18.6 Å². The third-order valence-corrected chi connectivity index (χ3v) is 3.03. The Labute approximate surface area is 126 Å². The highest BCUT2D eigenvalue weighted by atomic mass is 16.5. The van der Waals surface area contributed by atoms with Crippen molar-refractivity contribution in [1.82, 2.24) is 9.66 Å². The van der Waals surface area contributed by atoms with Gasteiger partial charge in [0.1, 0.15) is 11.8 Å². The molecule has 0 aliphatic heterocycles. The monoisotopic (exact) mass is 303 g/mol. The van der Waals surface area contributed by atoms with Crippen molar-refractivity contribution in [3.8, 4) is 0 Å². The molecule has 2 aromatic rings. The summed E-state index contributed by atoms with van der Waals surface area (Å²) in [7, 11) is 0. The van der Waals surface area contributed by atoms with Crippen LogP contribution < -0.4 is 10.9 Å². The predicted molar refractivity (Wildman–Crippen MR) is 81.6 cm³/mol. The molecule has 0 bridgehead atoms. The molecule has 0 saturated heterocycles. The molecule has 1 N–H and O–H groups in total. The number of nitrogens with one attached hydrogen (secondary N) is 1. The molecule has 0 spiro atoms. The fraction of sp³-hybridized carbons (Fsp3) is 0.333. The zero-order valence-electron chi connectivity index (χ0n) is 12.5. The van der Waals surface area contributed by atoms with Crippen molar-refractivity contribution in [3.63, 3.8) is 0 Å². The lowest BCUT2D eigenvalue weighted by molar-refractivity contribution is -0.107. The number of pyridine rings is 2. The van der Waals surface area contributed by atoms with E-state index in [2.05, 4.69) is 10.4 Å². The van der Waals surface area contributed by atoms with Crippen LogP contribution in [-0.4, -0.2) is 35.1 Å². The van der Waals surface area contributed by atoms with E-state index in [4.69, 9.17) is 4.74 Å². The van der Waals surface area contributed by atoms with Crippen LogP contribution in [0.1, 0.15) is 29.4 Å². The second-order valence-corrected chi connectivity index (χ2v) is 4.65. The SMILES string of the molecule is CCOC(=O)c1cn(NCCC=O)c2nc(C)ccc2c1=O. The Bertz CT molecular complexity index is 767. The molecule has 0 fully saturated rings. The van der Waals surface area contributed by atoms with Crippen LogP contribution in [0.3, 0.4) is 0 Å². The summed E-state index contributed by atoms with van der Waals surface area (Å²) in [5.41, 5.74) is 3.61. The smallest absolute Gasteiger partial charge is 0.343 e. The average Bonchev–Trinajstić information content (AvgIpc) is 2.49. The maximum Gasteiger partial charge on any atom is 0.343 e. The van der Waals surface area contributed by atoms with E-state index in [1.165, 1.54) is 10.9 Å². The summed E-state index contributed by atoms with van der Waals surface area (Å²) < 4.78 is 6.39. The summed E-state index contributed by atoms with van der Waals surface area (Å²) in [6.07, 6.45) is 2.44. The highest BCUT2D eigenvalue weighted by Gasteiger charge is 2.17. The average molecular weight is 303 g/mol. The Morgan fingerprint density at radius 1 is 1.45 bits per heavy atom. The largest absolute Gasteiger partial charge is 0.462 e. The van der Waals surface area contributed by atoms with Crippen molar-refractivity contribution < 1.29 is 14.3 Å². The number of carbonyl (C=O) groups excluding carboxylic acids is 2. The topological polar surface area (TPSA) is 90.3 Å². The molecule has 0 radical (unpaired) electrons. The summed E-state index contributed by atoms with van der Waals surface area (Å²) in [6.45, 7) is 4.02. The number of hydrogen-bond donors (Lipinski definition) is 1. The molecule has 0 aromatic carbocycles. The zero-order chi connectivity index (χ0) is 16.1. The van der Waals surface area contributed by atoms with E-state index in [0.29, 0.717) is 24.0 Å². The highest BCUT2D eigenvalue weighted by molar-refractivity contribution is 5.93. The van der Waals surface area contributed by atoms with E-state index >= 15 is 0 Å². The van der Waals surface area contributed by atoms with Gasteiger partial charge in [-0.25, -0.2) is 14.5 Å². The quantitative estimate of drug-likeness (QED) is 0.487. The van der Waals surface area contributed by atoms with E-state index in [9.17, 15) is 14.4 Å². The van der Waals surface area contributed by atoms with Crippen molar-refractivity contribution in [2.45, 2.75) is 20.3 Å². The lowest BCUT2D eigenvalue weighted by Crippen LogP contribution is -2.26. The van der Waals surface area contributed by atoms with E-state index in [0.717, 1.165) is 12.0 Å². The molecular formula is C15H17N3O4. The third-order valence-electron chi connectivity index (χ3n) is 3.03. The van der Waals surface area contributed by atoms with Crippen LogP contribution in [0, 0.1) is 6.92 Å². The molecule has 0 aliphatic carbocycles. The number of carbonyl (C=O) groups is 2. The van der Waals surface area contributed by atoms with Crippen LogP contribution in [0.4, 0.5) is 0 Å². The van der Waals surface area contributed by atoms with Gasteiger partial charge in [-0.2, -0.15) is 0 Å². The van der Waals surface area contributed by atoms with E-state index in [-0.39, 0.29) is 12.2 Å². The fourth-order valence-electron chi connectivity index (χ4n) is 2.02. The van der Waals surface area contributed by atoms with Gasteiger partial charge in [-0.15, -0.1) is 0 Å². The summed E-state index contributed by atoms with van der Waals surface area (Å²) >= 11 is 0. The summed E-state index contributed by atoms with van der Waals surface area (Å²) in [4.78, 5) is 39.1. The molecular weight excluding hydrogens is 286 g/mol. The van der Waals surface area contributed by atoms with Gasteiger partial charge in [0, 0.05) is 24.9 Å². The van der Waals surface area contributed by atoms with Crippen LogP contribution in [0.15, 0.2) is 23.1 Å². The molecule has 7 heteroatoms. The van der Waals surface area contributed by atoms with Gasteiger partial charge >= 0.3 is 5.97 Å². The normalized spacial score (nSPS) is 10.5. The zero-order valence-corrected chi connectivity index (χ0v) is 12.5. The molecule has 0 saturated carbocycles. The van der Waals surface area contributed by atoms with E-state index in [1.54, 1.807) is 26.0 Å². The Balaban J connectivity index is 2.60. The van der Waals surface area contributed by atoms with Crippen molar-refractivity contribution in [2.24, 2.45) is 0 Å². The Morgan fingerprint density at radius 3 is 2.91 bits per heavy atom. The molecule has 22 heavy (non-hydrogen) atoms. The van der Waals surface area contributed by atoms with E-state index < -0.39 is 11.4 Å². The Morgan fingerprint density at radius 2 is 2.23 bits per heavy atom. The van der Waals surface area contributed by atoms with E-state index in [1.807, 2.05) is 0 Å². The van der Waals surface area contributed by atoms with Crippen LogP contribution in [-0.2, 0) is 9.53 Å². The fourth-order valence-corrected chi connectivity index (χ4v) is 2.02. The van der Waals surface area contributed by atoms with Gasteiger partial charge < -0.3 is 15.0 Å². The van der Waals surface area contributed by atoms with Gasteiger partial charge in [-0.1, -0.05) is 0 Å². The standard InChI is InChI=1S/C15H17N3O4/c1-3-22-15(21)12-9-18(16-7-4-8-19)14-11(13(12)20)6-5-10(2)17-14/h5-6,8-9,16H,3-4,7H2,1-2H3. The Kier molecular flexibility index (Phi) is 4.88. The molecule has 116 valence electrons. The van der Waals surface area contributed by atoms with Crippen LogP contribution in [0.5, 0.6) is 0 Å². The lowest BCUT2D eigenvalue weighted by atomic mass is 10.2. The first-order valence-corrected chi connectivity index (χ1v) is 6.96. The number of aromatic nitrogens is 2. The minimum absolute atomic E-state index is 0.0707. The number of rotatable bonds is 6. The molecule has 0 unspecified atom stereocenters. The molecule has 7 nitrogen and oxygen atoms in total. The second-order valence-electron chi connectivity index (χ2n) is 4.65. The van der Waals surface area contributed by atoms with Gasteiger partial charge in [0.05, 0.1) is 12.0 Å². The van der Waals surface area contributed by atoms with Crippen LogP contribution in [0.2, 0.25) is 0 Å². The van der Waals surface area contributed by atoms with Crippen LogP contribution in [0.25, 0.3) is 11.0 Å². The third kappa shape index (κ3) is 3.13. The predicted octanol–water partition coefficient (Wildman–Crippen LogP) is 1.01. The minimum atomic E-state index is -0.680. The van der Waals surface area contributed by atoms with Crippen molar-refractivity contribution in [1.29, 1.82) is 0 Å².